The molecule has 1 aliphatic carbocycles. The Kier molecular flexibility index (Phi) is 23.0. The molecule has 0 amide bonds. The fourth-order valence-corrected chi connectivity index (χ4v) is 6.83. The summed E-state index contributed by atoms with van der Waals surface area (Å²) >= 11 is 0. The van der Waals surface area contributed by atoms with Gasteiger partial charge in [0.15, 0.2) is 0 Å². The number of hydrogen-bond acceptors (Lipinski definition) is 19. The number of carbonyl (C=O) groups excluding carboxylic acids is 9. The highest BCUT2D eigenvalue weighted by atomic mass is 16.6. The largest absolute Gasteiger partial charge is 0.462 e. The van der Waals surface area contributed by atoms with Crippen molar-refractivity contribution in [3.63, 3.8) is 0 Å². The van der Waals surface area contributed by atoms with Gasteiger partial charge >= 0.3 is 53.7 Å². The van der Waals surface area contributed by atoms with E-state index in [1.807, 2.05) is 0 Å². The maximum atomic E-state index is 13.8. The van der Waals surface area contributed by atoms with Crippen LogP contribution in [0.4, 0.5) is 0 Å². The van der Waals surface area contributed by atoms with Crippen LogP contribution in [-0.4, -0.2) is 100 Å². The summed E-state index contributed by atoms with van der Waals surface area (Å²) in [6.07, 6.45) is 7.46. The number of allylic oxidation sites excluding steroid dienone is 4. The second kappa shape index (κ2) is 30.2. The fraction of sp³-hybridized carbons (Fsp3) is 0.259. The first kappa shape index (κ1) is 58.7. The minimum atomic E-state index is -1.57. The van der Waals surface area contributed by atoms with Crippen LogP contribution in [0.1, 0.15) is 66.2 Å². The smallest absolute Gasteiger partial charge is 0.343 e. The molecular weight excluding hydrogens is 1000 g/mol. The summed E-state index contributed by atoms with van der Waals surface area (Å²) in [7, 11) is 1.46. The average Bonchev–Trinajstić information content (AvgIpc) is 3.51. The van der Waals surface area contributed by atoms with Crippen LogP contribution in [0.3, 0.4) is 0 Å². The molecule has 4 aromatic rings. The summed E-state index contributed by atoms with van der Waals surface area (Å²) in [5.41, 5.74) is 1.77. The first-order chi connectivity index (χ1) is 37.1. The number of benzene rings is 4. The monoisotopic (exact) mass is 1060 g/mol. The van der Waals surface area contributed by atoms with Crippen molar-refractivity contribution in [3.8, 4) is 33.8 Å². The van der Waals surface area contributed by atoms with Crippen molar-refractivity contribution < 1.29 is 90.5 Å². The van der Waals surface area contributed by atoms with Crippen LogP contribution in [0.5, 0.6) is 11.5 Å². The average molecular weight is 1060 g/mol. The Morgan fingerprint density at radius 1 is 0.481 bits per heavy atom. The van der Waals surface area contributed by atoms with Crippen molar-refractivity contribution in [2.24, 2.45) is 5.41 Å². The first-order valence-electron chi connectivity index (χ1n) is 24.0. The molecule has 0 fully saturated rings. The topological polar surface area (TPSA) is 246 Å². The van der Waals surface area contributed by atoms with Gasteiger partial charge in [0.05, 0.1) is 43.4 Å². The SMILES string of the molecule is C=CC(=O)OCCOC(=O)CCC(=O)Oc1ccc(-c2ccc(C(=O)OC3=C/CC(C)(C(=O)OCCOC)/C(OC(=O)c4ccc(-c5ccc(OC(=O)CCC(=O)OCCOC(=O)C=C)cc5)cc4)=C\C/C=C\3)cc2)cc1. The lowest BCUT2D eigenvalue weighted by Gasteiger charge is -2.28. The third-order valence-corrected chi connectivity index (χ3v) is 11.0. The summed E-state index contributed by atoms with van der Waals surface area (Å²) in [4.78, 5) is 112. The zero-order chi connectivity index (χ0) is 55.6. The van der Waals surface area contributed by atoms with Gasteiger partial charge in [0.25, 0.3) is 0 Å². The lowest BCUT2D eigenvalue weighted by molar-refractivity contribution is -0.155. The Bertz CT molecular complexity index is 2860. The predicted molar refractivity (Wildman–Crippen MR) is 274 cm³/mol. The normalized spacial score (nSPS) is 15.5. The molecule has 1 aliphatic rings. The molecule has 19 nitrogen and oxygen atoms in total. The highest BCUT2D eigenvalue weighted by Crippen LogP contribution is 2.37. The lowest BCUT2D eigenvalue weighted by atomic mass is 9.83. The van der Waals surface area contributed by atoms with E-state index in [9.17, 15) is 43.2 Å². The van der Waals surface area contributed by atoms with Crippen molar-refractivity contribution in [2.45, 2.75) is 45.4 Å². The van der Waals surface area contributed by atoms with Gasteiger partial charge in [0.1, 0.15) is 61.5 Å². The molecular formula is C58H56O19. The van der Waals surface area contributed by atoms with E-state index in [4.69, 9.17) is 47.4 Å². The first-order valence-corrected chi connectivity index (χ1v) is 24.0. The molecule has 0 bridgehead atoms. The standard InChI is InChI=1S/C58H56O19/c1-5-49(59)69-35-37-71-51(61)27-29-53(63)74-46-23-19-41(20-24-46)39-11-15-43(16-12-39)55(65)76-45-9-7-8-10-48(58(3,32-31-45)57(67)73-34-33-68-4)77-56(66)44-17-13-40(14-18-44)42-21-25-47(26-22-42)75-54(64)30-28-52(62)72-38-36-70-50(60)6-2/h5-7,9-26,31H,1-2,8,27-30,32-38H2,3-4H3/b9-7-,45-31+,48-10+. The van der Waals surface area contributed by atoms with E-state index in [0.717, 1.165) is 34.4 Å². The second-order valence-corrected chi connectivity index (χ2v) is 16.6. The van der Waals surface area contributed by atoms with Crippen molar-refractivity contribution in [2.75, 3.05) is 46.8 Å². The van der Waals surface area contributed by atoms with Gasteiger partial charge in [-0.25, -0.2) is 19.2 Å². The van der Waals surface area contributed by atoms with Gasteiger partial charge < -0.3 is 47.4 Å². The number of carbonyl (C=O) groups is 9. The van der Waals surface area contributed by atoms with Gasteiger partial charge in [-0.05, 0) is 109 Å². The zero-order valence-electron chi connectivity index (χ0n) is 42.4. The van der Waals surface area contributed by atoms with Crippen molar-refractivity contribution >= 4 is 53.7 Å². The van der Waals surface area contributed by atoms with Crippen molar-refractivity contribution in [1.82, 2.24) is 0 Å². The van der Waals surface area contributed by atoms with Crippen molar-refractivity contribution in [1.29, 1.82) is 0 Å². The molecule has 0 aromatic heterocycles. The third-order valence-electron chi connectivity index (χ3n) is 11.0. The summed E-state index contributed by atoms with van der Waals surface area (Å²) in [6.45, 7) is 7.52. The minimum Gasteiger partial charge on any atom is -0.462 e. The van der Waals surface area contributed by atoms with Gasteiger partial charge in [0.2, 0.25) is 0 Å². The molecule has 0 saturated heterocycles. The van der Waals surface area contributed by atoms with E-state index in [1.165, 1.54) is 13.2 Å². The van der Waals surface area contributed by atoms with E-state index >= 15 is 0 Å². The number of rotatable bonds is 26. The predicted octanol–water partition coefficient (Wildman–Crippen LogP) is 8.26. The highest BCUT2D eigenvalue weighted by Gasteiger charge is 2.41. The van der Waals surface area contributed by atoms with Crippen LogP contribution in [0.2, 0.25) is 0 Å². The molecule has 0 aliphatic heterocycles. The van der Waals surface area contributed by atoms with Crippen LogP contribution in [-0.2, 0) is 71.5 Å². The Balaban J connectivity index is 1.15. The zero-order valence-corrected chi connectivity index (χ0v) is 42.4. The van der Waals surface area contributed by atoms with Gasteiger partial charge in [0, 0.05) is 19.3 Å². The molecule has 0 radical (unpaired) electrons. The summed E-state index contributed by atoms with van der Waals surface area (Å²) in [5.74, 6) is -5.43. The Hall–Kier alpha value is -9.23. The molecule has 77 heavy (non-hydrogen) atoms. The Morgan fingerprint density at radius 3 is 1.32 bits per heavy atom. The van der Waals surface area contributed by atoms with E-state index in [2.05, 4.69) is 13.2 Å². The Morgan fingerprint density at radius 2 is 0.883 bits per heavy atom. The van der Waals surface area contributed by atoms with Gasteiger partial charge in [-0.1, -0.05) is 67.8 Å². The maximum absolute atomic E-state index is 13.8. The molecule has 402 valence electrons. The fourth-order valence-electron chi connectivity index (χ4n) is 6.83. The Labute approximate surface area is 443 Å². The van der Waals surface area contributed by atoms with Crippen LogP contribution < -0.4 is 9.47 Å². The van der Waals surface area contributed by atoms with Crippen LogP contribution in [0.25, 0.3) is 22.3 Å². The molecule has 1 unspecified atom stereocenters. The van der Waals surface area contributed by atoms with Crippen LogP contribution >= 0.6 is 0 Å². The summed E-state index contributed by atoms with van der Waals surface area (Å²) in [6, 6.07) is 26.3. The molecule has 4 aromatic carbocycles. The molecule has 5 rings (SSSR count). The molecule has 19 heteroatoms. The molecule has 0 N–H and O–H groups in total. The molecule has 0 heterocycles. The van der Waals surface area contributed by atoms with E-state index < -0.39 is 59.1 Å². The summed E-state index contributed by atoms with van der Waals surface area (Å²) in [5, 5.41) is 0. The lowest BCUT2D eigenvalue weighted by Crippen LogP contribution is -2.34. The van der Waals surface area contributed by atoms with E-state index in [1.54, 1.807) is 122 Å². The molecule has 1 atom stereocenters. The van der Waals surface area contributed by atoms with Gasteiger partial charge in [-0.2, -0.15) is 0 Å². The number of esters is 9. The minimum absolute atomic E-state index is 0.0124. The van der Waals surface area contributed by atoms with Crippen LogP contribution in [0.15, 0.2) is 158 Å². The number of ether oxygens (including phenoxy) is 10. The van der Waals surface area contributed by atoms with Gasteiger partial charge in [-0.15, -0.1) is 0 Å². The molecule has 0 saturated carbocycles. The van der Waals surface area contributed by atoms with E-state index in [-0.39, 0.29) is 112 Å². The highest BCUT2D eigenvalue weighted by molar-refractivity contribution is 5.93. The van der Waals surface area contributed by atoms with E-state index in [0.29, 0.717) is 0 Å². The maximum Gasteiger partial charge on any atom is 0.343 e. The van der Waals surface area contributed by atoms with Gasteiger partial charge in [-0.3, -0.25) is 24.0 Å². The number of methoxy groups -OCH3 is 1. The second-order valence-electron chi connectivity index (χ2n) is 16.6. The number of hydrogen-bond donors (Lipinski definition) is 0. The summed E-state index contributed by atoms with van der Waals surface area (Å²) < 4.78 is 52.3. The van der Waals surface area contributed by atoms with Crippen molar-refractivity contribution in [3.05, 3.63) is 169 Å². The quantitative estimate of drug-likeness (QED) is 0.0189. The molecule has 0 spiro atoms. The third kappa shape index (κ3) is 19.2. The van der Waals surface area contributed by atoms with Crippen LogP contribution in [0, 0.1) is 5.41 Å².